The van der Waals surface area contributed by atoms with E-state index < -0.39 is 5.63 Å². The molecule has 0 aliphatic rings. The molecule has 4 rings (SSSR count). The lowest BCUT2D eigenvalue weighted by molar-refractivity contribution is 0.415. The number of aromatic nitrogens is 2. The molecule has 0 fully saturated rings. The first-order valence-corrected chi connectivity index (χ1v) is 7.09. The van der Waals surface area contributed by atoms with Crippen LogP contribution in [-0.2, 0) is 0 Å². The van der Waals surface area contributed by atoms with Crippen LogP contribution in [0, 0.1) is 0 Å². The molecule has 2 aromatic heterocycles. The Balaban J connectivity index is 2.01. The van der Waals surface area contributed by atoms with Crippen molar-refractivity contribution in [1.82, 2.24) is 9.97 Å². The summed E-state index contributed by atoms with van der Waals surface area (Å²) < 4.78 is 10.5. The van der Waals surface area contributed by atoms with Crippen LogP contribution in [-0.4, -0.2) is 17.1 Å². The molecule has 0 amide bonds. The third kappa shape index (κ3) is 2.23. The zero-order valence-electron chi connectivity index (χ0n) is 12.3. The van der Waals surface area contributed by atoms with E-state index in [0.29, 0.717) is 16.5 Å². The van der Waals surface area contributed by atoms with Gasteiger partial charge in [0.2, 0.25) is 5.89 Å². The van der Waals surface area contributed by atoms with Gasteiger partial charge in [0.1, 0.15) is 5.75 Å². The van der Waals surface area contributed by atoms with Crippen molar-refractivity contribution >= 4 is 21.8 Å². The fourth-order valence-electron chi connectivity index (χ4n) is 2.55. The Kier molecular flexibility index (Phi) is 3.05. The molecule has 0 saturated heterocycles. The molecular weight excluding hydrogens is 292 g/mol. The van der Waals surface area contributed by atoms with Crippen molar-refractivity contribution in [1.29, 1.82) is 0 Å². The third-order valence-corrected chi connectivity index (χ3v) is 3.72. The van der Waals surface area contributed by atoms with Gasteiger partial charge in [-0.25, -0.2) is 9.78 Å². The molecule has 2 heterocycles. The van der Waals surface area contributed by atoms with Gasteiger partial charge in [-0.05, 0) is 48.5 Å². The predicted octanol–water partition coefficient (Wildman–Crippen LogP) is 3.41. The molecule has 5 nitrogen and oxygen atoms in total. The second kappa shape index (κ2) is 5.21. The minimum absolute atomic E-state index is 0.279. The van der Waals surface area contributed by atoms with Crippen LogP contribution >= 0.6 is 0 Å². The lowest BCUT2D eigenvalue weighted by atomic mass is 10.1. The van der Waals surface area contributed by atoms with E-state index in [1.165, 1.54) is 0 Å². The summed E-state index contributed by atoms with van der Waals surface area (Å²) in [6.45, 7) is 0. The summed E-state index contributed by atoms with van der Waals surface area (Å²) in [5.74, 6) is 1.01. The molecule has 0 bridgehead atoms. The molecule has 0 unspecified atom stereocenters. The van der Waals surface area contributed by atoms with Crippen LogP contribution in [0.15, 0.2) is 63.9 Å². The number of benzene rings is 2. The van der Waals surface area contributed by atoms with Gasteiger partial charge in [0.25, 0.3) is 0 Å². The Hall–Kier alpha value is -3.21. The number of hydrogen-bond acceptors (Lipinski definition) is 5. The fraction of sp³-hybridized carbons (Fsp3) is 0.0556. The van der Waals surface area contributed by atoms with E-state index in [2.05, 4.69) is 9.97 Å². The maximum absolute atomic E-state index is 12.3. The molecule has 4 aromatic rings. The first-order valence-electron chi connectivity index (χ1n) is 7.09. The van der Waals surface area contributed by atoms with Crippen LogP contribution in [0.1, 0.15) is 0 Å². The summed E-state index contributed by atoms with van der Waals surface area (Å²) in [7, 11) is 1.60. The Labute approximate surface area is 131 Å². The van der Waals surface area contributed by atoms with Gasteiger partial charge < -0.3 is 9.15 Å². The van der Waals surface area contributed by atoms with Crippen LogP contribution in [0.5, 0.6) is 5.75 Å². The fourth-order valence-corrected chi connectivity index (χ4v) is 2.55. The summed E-state index contributed by atoms with van der Waals surface area (Å²) in [6.07, 6.45) is 1.71. The number of nitrogens with zero attached hydrogens (tertiary/aromatic N) is 2. The Morgan fingerprint density at radius 2 is 1.83 bits per heavy atom. The number of rotatable bonds is 2. The molecule has 0 saturated carbocycles. The van der Waals surface area contributed by atoms with Crippen molar-refractivity contribution in [3.63, 3.8) is 0 Å². The molecule has 0 aliphatic carbocycles. The summed E-state index contributed by atoms with van der Waals surface area (Å²) in [4.78, 5) is 21.1. The highest BCUT2D eigenvalue weighted by molar-refractivity contribution is 6.03. The minimum atomic E-state index is -0.411. The molecule has 5 heteroatoms. The van der Waals surface area contributed by atoms with Crippen molar-refractivity contribution in [2.75, 3.05) is 7.11 Å². The predicted molar refractivity (Wildman–Crippen MR) is 87.6 cm³/mol. The van der Waals surface area contributed by atoms with Crippen molar-refractivity contribution in [2.24, 2.45) is 0 Å². The Morgan fingerprint density at radius 1 is 1.00 bits per heavy atom. The highest BCUT2D eigenvalue weighted by Crippen LogP contribution is 2.25. The van der Waals surface area contributed by atoms with E-state index in [1.807, 2.05) is 12.1 Å². The SMILES string of the molecule is COc1ccc(-c2nc3c(ccc4ncccc43)c(=O)o2)cc1. The summed E-state index contributed by atoms with van der Waals surface area (Å²) in [5, 5.41) is 1.27. The lowest BCUT2D eigenvalue weighted by Gasteiger charge is -2.05. The van der Waals surface area contributed by atoms with Crippen LogP contribution in [0.2, 0.25) is 0 Å². The standard InChI is InChI=1S/C18H12N2O3/c1-22-12-6-4-11(5-7-12)17-20-16-13-3-2-10-19-15(13)9-8-14(16)18(21)23-17/h2-10H,1H3. The van der Waals surface area contributed by atoms with Gasteiger partial charge in [0.15, 0.2) is 0 Å². The Bertz CT molecular complexity index is 1070. The highest BCUT2D eigenvalue weighted by atomic mass is 16.5. The lowest BCUT2D eigenvalue weighted by Crippen LogP contribution is -2.03. The van der Waals surface area contributed by atoms with Gasteiger partial charge in [-0.2, -0.15) is 0 Å². The van der Waals surface area contributed by atoms with Gasteiger partial charge in [0, 0.05) is 17.1 Å². The van der Waals surface area contributed by atoms with Crippen molar-refractivity contribution in [3.8, 4) is 17.2 Å². The number of fused-ring (bicyclic) bond motifs is 3. The van der Waals surface area contributed by atoms with Crippen LogP contribution in [0.4, 0.5) is 0 Å². The molecule has 2 aromatic carbocycles. The maximum Gasteiger partial charge on any atom is 0.347 e. The Morgan fingerprint density at radius 3 is 2.61 bits per heavy atom. The van der Waals surface area contributed by atoms with Gasteiger partial charge in [-0.15, -0.1) is 0 Å². The zero-order valence-corrected chi connectivity index (χ0v) is 12.3. The van der Waals surface area contributed by atoms with Crippen molar-refractivity contribution in [2.45, 2.75) is 0 Å². The summed E-state index contributed by atoms with van der Waals surface area (Å²) in [5.41, 5.74) is 1.69. The average Bonchev–Trinajstić information content (AvgIpc) is 2.61. The number of ether oxygens (including phenoxy) is 1. The van der Waals surface area contributed by atoms with Gasteiger partial charge in [-0.3, -0.25) is 4.98 Å². The normalized spacial score (nSPS) is 11.0. The minimum Gasteiger partial charge on any atom is -0.497 e. The second-order valence-corrected chi connectivity index (χ2v) is 5.07. The van der Waals surface area contributed by atoms with Gasteiger partial charge in [0.05, 0.1) is 23.5 Å². The van der Waals surface area contributed by atoms with E-state index >= 15 is 0 Å². The molecule has 0 radical (unpaired) electrons. The van der Waals surface area contributed by atoms with E-state index in [4.69, 9.17) is 9.15 Å². The molecule has 23 heavy (non-hydrogen) atoms. The van der Waals surface area contributed by atoms with Crippen LogP contribution in [0.3, 0.4) is 0 Å². The van der Waals surface area contributed by atoms with Crippen molar-refractivity contribution in [3.05, 3.63) is 65.1 Å². The largest absolute Gasteiger partial charge is 0.497 e. The topological polar surface area (TPSA) is 65.2 Å². The molecule has 112 valence electrons. The first kappa shape index (κ1) is 13.5. The van der Waals surface area contributed by atoms with E-state index in [1.54, 1.807) is 49.7 Å². The van der Waals surface area contributed by atoms with E-state index in [0.717, 1.165) is 16.7 Å². The zero-order chi connectivity index (χ0) is 15.8. The van der Waals surface area contributed by atoms with Crippen LogP contribution < -0.4 is 10.4 Å². The molecular formula is C18H12N2O3. The third-order valence-electron chi connectivity index (χ3n) is 3.72. The number of pyridine rings is 1. The quantitative estimate of drug-likeness (QED) is 0.531. The highest BCUT2D eigenvalue weighted by Gasteiger charge is 2.11. The van der Waals surface area contributed by atoms with Crippen molar-refractivity contribution < 1.29 is 9.15 Å². The summed E-state index contributed by atoms with van der Waals surface area (Å²) in [6, 6.07) is 14.4. The number of methoxy groups -OCH3 is 1. The van der Waals surface area contributed by atoms with Crippen LogP contribution in [0.25, 0.3) is 33.3 Å². The monoisotopic (exact) mass is 304 g/mol. The average molecular weight is 304 g/mol. The summed E-state index contributed by atoms with van der Waals surface area (Å²) >= 11 is 0. The molecule has 0 atom stereocenters. The second-order valence-electron chi connectivity index (χ2n) is 5.07. The molecule has 0 aliphatic heterocycles. The van der Waals surface area contributed by atoms with Gasteiger partial charge >= 0.3 is 5.63 Å². The first-order chi connectivity index (χ1) is 11.3. The smallest absolute Gasteiger partial charge is 0.347 e. The molecule has 0 spiro atoms. The van der Waals surface area contributed by atoms with E-state index in [9.17, 15) is 4.79 Å². The van der Waals surface area contributed by atoms with E-state index in [-0.39, 0.29) is 5.89 Å². The number of hydrogen-bond donors (Lipinski definition) is 0. The van der Waals surface area contributed by atoms with Gasteiger partial charge in [-0.1, -0.05) is 0 Å². The maximum atomic E-state index is 12.3. The molecule has 0 N–H and O–H groups in total.